The van der Waals surface area contributed by atoms with Crippen molar-refractivity contribution in [1.29, 1.82) is 0 Å². The molecule has 0 aliphatic heterocycles. The van der Waals surface area contributed by atoms with E-state index in [1.165, 1.54) is 43.6 Å². The molecule has 1 heterocycles. The van der Waals surface area contributed by atoms with Gasteiger partial charge < -0.3 is 11.1 Å². The first-order chi connectivity index (χ1) is 10.4. The van der Waals surface area contributed by atoms with Crippen molar-refractivity contribution < 1.29 is 13.2 Å². The van der Waals surface area contributed by atoms with E-state index < -0.39 is 10.0 Å². The number of carbonyl (C=O) groups excluding carboxylic acids is 1. The van der Waals surface area contributed by atoms with Gasteiger partial charge in [0.15, 0.2) is 11.7 Å². The molecule has 2 rings (SSSR count). The third kappa shape index (κ3) is 3.85. The fourth-order valence-corrected chi connectivity index (χ4v) is 2.49. The fourth-order valence-electron chi connectivity index (χ4n) is 1.57. The van der Waals surface area contributed by atoms with Gasteiger partial charge in [-0.15, -0.1) is 4.40 Å². The number of sulfonamides is 1. The van der Waals surface area contributed by atoms with Gasteiger partial charge in [-0.25, -0.2) is 9.97 Å². The number of nitrogens with one attached hydrogen (secondary N) is 1. The summed E-state index contributed by atoms with van der Waals surface area (Å²) < 4.78 is 27.8. The van der Waals surface area contributed by atoms with E-state index in [2.05, 4.69) is 19.7 Å². The second-order valence-electron chi connectivity index (χ2n) is 4.23. The summed E-state index contributed by atoms with van der Waals surface area (Å²) in [5.74, 6) is -0.522. The summed E-state index contributed by atoms with van der Waals surface area (Å²) in [4.78, 5) is 18.5. The molecule has 0 saturated carbocycles. The normalized spacial score (nSPS) is 12.0. The summed E-state index contributed by atoms with van der Waals surface area (Å²) in [6, 6.07) is 7.14. The third-order valence-electron chi connectivity index (χ3n) is 2.49. The topological polar surface area (TPSA) is 127 Å². The van der Waals surface area contributed by atoms with E-state index in [9.17, 15) is 13.2 Å². The Labute approximate surface area is 127 Å². The van der Waals surface area contributed by atoms with E-state index in [1.54, 1.807) is 6.07 Å². The van der Waals surface area contributed by atoms with E-state index in [4.69, 9.17) is 5.73 Å². The van der Waals surface area contributed by atoms with Gasteiger partial charge in [-0.1, -0.05) is 0 Å². The van der Waals surface area contributed by atoms with Crippen LogP contribution in [0.3, 0.4) is 0 Å². The highest BCUT2D eigenvalue weighted by atomic mass is 32.2. The van der Waals surface area contributed by atoms with Gasteiger partial charge in [-0.3, -0.25) is 4.79 Å². The van der Waals surface area contributed by atoms with Gasteiger partial charge in [0.25, 0.3) is 10.0 Å². The molecule has 0 saturated heterocycles. The summed E-state index contributed by atoms with van der Waals surface area (Å²) in [6.07, 6.45) is 2.86. The molecule has 3 N–H and O–H groups in total. The minimum absolute atomic E-state index is 0.0286. The van der Waals surface area contributed by atoms with Gasteiger partial charge in [-0.05, 0) is 30.3 Å². The highest BCUT2D eigenvalue weighted by Gasteiger charge is 2.15. The fraction of sp³-hybridized carbons (Fsp3) is 0.0769. The molecule has 2 aromatic rings. The Morgan fingerprint density at radius 1 is 1.18 bits per heavy atom. The van der Waals surface area contributed by atoms with Crippen molar-refractivity contribution in [1.82, 2.24) is 9.97 Å². The Hall–Kier alpha value is -2.81. The molecule has 9 heteroatoms. The zero-order chi connectivity index (χ0) is 16.2. The summed E-state index contributed by atoms with van der Waals surface area (Å²) in [5.41, 5.74) is 6.08. The number of nitrogens with zero attached hydrogens (tertiary/aromatic N) is 3. The molecule has 0 bridgehead atoms. The van der Waals surface area contributed by atoms with Crippen LogP contribution in [0.2, 0.25) is 0 Å². The molecular weight excluding hydrogens is 306 g/mol. The maximum Gasteiger partial charge on any atom is 0.284 e. The lowest BCUT2D eigenvalue weighted by Gasteiger charge is -2.04. The molecule has 0 unspecified atom stereocenters. The van der Waals surface area contributed by atoms with Gasteiger partial charge >= 0.3 is 0 Å². The first-order valence-corrected chi connectivity index (χ1v) is 7.58. The van der Waals surface area contributed by atoms with E-state index >= 15 is 0 Å². The van der Waals surface area contributed by atoms with Gasteiger partial charge in [0.1, 0.15) is 0 Å². The Balaban J connectivity index is 2.29. The lowest BCUT2D eigenvalue weighted by atomic mass is 10.3. The average molecular weight is 319 g/mol. The second-order valence-corrected chi connectivity index (χ2v) is 5.83. The van der Waals surface area contributed by atoms with Crippen LogP contribution in [0.15, 0.2) is 52.0 Å². The van der Waals surface area contributed by atoms with Crippen LogP contribution in [0.5, 0.6) is 0 Å². The Bertz CT molecular complexity index is 801. The molecule has 0 radical (unpaired) electrons. The largest absolute Gasteiger partial charge is 0.380 e. The Morgan fingerprint density at radius 3 is 2.32 bits per heavy atom. The summed E-state index contributed by atoms with van der Waals surface area (Å²) in [7, 11) is -3.98. The van der Waals surface area contributed by atoms with E-state index in [1.807, 2.05) is 0 Å². The van der Waals surface area contributed by atoms with Crippen molar-refractivity contribution in [2.45, 2.75) is 11.8 Å². The van der Waals surface area contributed by atoms with Gasteiger partial charge in [-0.2, -0.15) is 8.42 Å². The quantitative estimate of drug-likeness (QED) is 0.625. The number of anilines is 1. The predicted octanol–water partition coefficient (Wildman–Crippen LogP) is 0.529. The SMILES string of the molecule is CC(=O)Nc1ccc(S(=O)(=O)/N=C(\N)c2ncccn2)cc1. The third-order valence-corrected chi connectivity index (χ3v) is 3.79. The lowest BCUT2D eigenvalue weighted by molar-refractivity contribution is -0.114. The van der Waals surface area contributed by atoms with E-state index in [-0.39, 0.29) is 22.5 Å². The summed E-state index contributed by atoms with van der Waals surface area (Å²) in [6.45, 7) is 1.36. The number of hydrogen-bond acceptors (Lipinski definition) is 5. The highest BCUT2D eigenvalue weighted by Crippen LogP contribution is 2.16. The average Bonchev–Trinajstić information content (AvgIpc) is 2.47. The van der Waals surface area contributed by atoms with Crippen molar-refractivity contribution in [2.24, 2.45) is 10.1 Å². The molecule has 0 fully saturated rings. The monoisotopic (exact) mass is 319 g/mol. The van der Waals surface area contributed by atoms with Crippen molar-refractivity contribution in [2.75, 3.05) is 5.32 Å². The molecular formula is C13H13N5O3S. The van der Waals surface area contributed by atoms with Crippen LogP contribution >= 0.6 is 0 Å². The molecule has 1 aromatic heterocycles. The standard InChI is InChI=1S/C13H13N5O3S/c1-9(19)17-10-3-5-11(6-4-10)22(20,21)18-12(14)13-15-7-2-8-16-13/h2-8H,1H3,(H2,14,18)(H,17,19). The maximum absolute atomic E-state index is 12.1. The second kappa shape index (κ2) is 6.31. The van der Waals surface area contributed by atoms with Gasteiger partial charge in [0.2, 0.25) is 5.91 Å². The summed E-state index contributed by atoms with van der Waals surface area (Å²) in [5, 5.41) is 2.54. The molecule has 0 aliphatic rings. The molecule has 0 aliphatic carbocycles. The minimum atomic E-state index is -3.98. The van der Waals surface area contributed by atoms with Gasteiger partial charge in [0, 0.05) is 25.0 Å². The van der Waals surface area contributed by atoms with Crippen LogP contribution in [0.25, 0.3) is 0 Å². The van der Waals surface area contributed by atoms with Crippen LogP contribution in [0.4, 0.5) is 5.69 Å². The van der Waals surface area contributed by atoms with Crippen LogP contribution in [0, 0.1) is 0 Å². The Morgan fingerprint density at radius 2 is 1.77 bits per heavy atom. The molecule has 0 atom stereocenters. The predicted molar refractivity (Wildman–Crippen MR) is 80.7 cm³/mol. The van der Waals surface area contributed by atoms with Crippen molar-refractivity contribution in [3.05, 3.63) is 48.5 Å². The zero-order valence-corrected chi connectivity index (χ0v) is 12.4. The van der Waals surface area contributed by atoms with Crippen LogP contribution < -0.4 is 11.1 Å². The van der Waals surface area contributed by atoms with Crippen LogP contribution in [-0.4, -0.2) is 30.1 Å². The zero-order valence-electron chi connectivity index (χ0n) is 11.6. The molecule has 0 spiro atoms. The molecule has 1 amide bonds. The number of nitrogens with two attached hydrogens (primary N) is 1. The van der Waals surface area contributed by atoms with E-state index in [0.717, 1.165) is 0 Å². The molecule has 114 valence electrons. The van der Waals surface area contributed by atoms with Crippen LogP contribution in [0.1, 0.15) is 12.7 Å². The number of rotatable bonds is 4. The molecule has 8 nitrogen and oxygen atoms in total. The first kappa shape index (κ1) is 15.6. The summed E-state index contributed by atoms with van der Waals surface area (Å²) >= 11 is 0. The Kier molecular flexibility index (Phi) is 4.47. The molecule has 22 heavy (non-hydrogen) atoms. The van der Waals surface area contributed by atoms with Crippen molar-refractivity contribution in [3.63, 3.8) is 0 Å². The maximum atomic E-state index is 12.1. The minimum Gasteiger partial charge on any atom is -0.380 e. The number of hydrogen-bond donors (Lipinski definition) is 2. The van der Waals surface area contributed by atoms with Crippen molar-refractivity contribution >= 4 is 27.5 Å². The van der Waals surface area contributed by atoms with Gasteiger partial charge in [0.05, 0.1) is 4.90 Å². The first-order valence-electron chi connectivity index (χ1n) is 6.14. The number of benzene rings is 1. The number of aromatic nitrogens is 2. The van der Waals surface area contributed by atoms with E-state index in [0.29, 0.717) is 5.69 Å². The smallest absolute Gasteiger partial charge is 0.284 e. The van der Waals surface area contributed by atoms with Crippen LogP contribution in [-0.2, 0) is 14.8 Å². The molecule has 1 aromatic carbocycles. The van der Waals surface area contributed by atoms with Crippen molar-refractivity contribution in [3.8, 4) is 0 Å². The number of amides is 1. The number of amidine groups is 1. The number of carbonyl (C=O) groups is 1. The highest BCUT2D eigenvalue weighted by molar-refractivity contribution is 7.90. The lowest BCUT2D eigenvalue weighted by Crippen LogP contribution is -2.19.